The molecule has 4 aromatic rings. The maximum Gasteiger partial charge on any atom is 0.211 e. The Hall–Kier alpha value is -4.41. The summed E-state index contributed by atoms with van der Waals surface area (Å²) in [6, 6.07) is 32.9. The molecule has 1 aliphatic carbocycles. The molecule has 250 valence electrons. The third-order valence-corrected chi connectivity index (χ3v) is 13.7. The van der Waals surface area contributed by atoms with E-state index < -0.39 is 7.26 Å². The maximum absolute atomic E-state index is 12.7. The SMILES string of the molecule is COc1ccc([P+](CCCCCCCCCCN=C2C=C([O-])c3ccccc3C2=O)(c2ccc(OC)cc2)c2ccc(OC)cc2)cc1. The van der Waals surface area contributed by atoms with Crippen molar-refractivity contribution in [1.29, 1.82) is 0 Å². The monoisotopic (exact) mass is 663 g/mol. The second kappa shape index (κ2) is 17.1. The lowest BCUT2D eigenvalue weighted by Gasteiger charge is -2.28. The minimum atomic E-state index is -1.98. The predicted octanol–water partition coefficient (Wildman–Crippen LogP) is 7.17. The number of aliphatic imine (C=N–C) groups is 1. The van der Waals surface area contributed by atoms with Gasteiger partial charge in [-0.15, -0.1) is 0 Å². The number of carbonyl (C=O) groups is 1. The Kier molecular flexibility index (Phi) is 12.5. The Labute approximate surface area is 285 Å². The molecule has 0 saturated heterocycles. The topological polar surface area (TPSA) is 80.2 Å². The number of carbonyl (C=O) groups excluding carboxylic acids is 1. The first-order valence-corrected chi connectivity index (χ1v) is 18.9. The molecule has 0 fully saturated rings. The molecule has 0 radical (unpaired) electrons. The second-order valence-corrected chi connectivity index (χ2v) is 15.7. The quantitative estimate of drug-likeness (QED) is 0.0885. The first-order valence-electron chi connectivity index (χ1n) is 16.9. The largest absolute Gasteiger partial charge is 0.872 e. The van der Waals surface area contributed by atoms with E-state index in [0.717, 1.165) is 49.1 Å². The van der Waals surface area contributed by atoms with Gasteiger partial charge in [0.2, 0.25) is 5.78 Å². The fourth-order valence-electron chi connectivity index (χ4n) is 6.48. The summed E-state index contributed by atoms with van der Waals surface area (Å²) in [5.41, 5.74) is 1.22. The normalized spacial score (nSPS) is 13.6. The van der Waals surface area contributed by atoms with Crippen molar-refractivity contribution >= 4 is 40.4 Å². The van der Waals surface area contributed by atoms with Crippen LogP contribution in [0.4, 0.5) is 0 Å². The Morgan fingerprint density at radius 1 is 0.562 bits per heavy atom. The third kappa shape index (κ3) is 8.17. The molecule has 0 amide bonds. The second-order valence-electron chi connectivity index (χ2n) is 12.1. The molecule has 0 saturated carbocycles. The van der Waals surface area contributed by atoms with E-state index in [9.17, 15) is 9.90 Å². The Balaban J connectivity index is 1.16. The molecular weight excluding hydrogens is 617 g/mol. The van der Waals surface area contributed by atoms with Crippen LogP contribution in [0.5, 0.6) is 17.2 Å². The van der Waals surface area contributed by atoms with Gasteiger partial charge in [0.05, 0.1) is 27.5 Å². The lowest BCUT2D eigenvalue weighted by atomic mass is 9.93. The van der Waals surface area contributed by atoms with E-state index in [-0.39, 0.29) is 17.3 Å². The van der Waals surface area contributed by atoms with Gasteiger partial charge in [-0.25, -0.2) is 0 Å². The Morgan fingerprint density at radius 3 is 1.44 bits per heavy atom. The molecule has 0 N–H and O–H groups in total. The van der Waals surface area contributed by atoms with Crippen LogP contribution in [-0.2, 0) is 0 Å². The van der Waals surface area contributed by atoms with Gasteiger partial charge in [-0.3, -0.25) is 9.79 Å². The number of fused-ring (bicyclic) bond motifs is 1. The van der Waals surface area contributed by atoms with Crippen molar-refractivity contribution in [3.63, 3.8) is 0 Å². The number of hydrogen-bond acceptors (Lipinski definition) is 6. The predicted molar refractivity (Wildman–Crippen MR) is 198 cm³/mol. The smallest absolute Gasteiger partial charge is 0.211 e. The van der Waals surface area contributed by atoms with Crippen LogP contribution in [0.2, 0.25) is 0 Å². The van der Waals surface area contributed by atoms with E-state index in [0.29, 0.717) is 17.7 Å². The standard InChI is InChI=1S/C41H46NO5P/c1-45-31-16-22-34(23-17-31)48(35-24-18-32(46-2)19-25-35,36-26-20-33(47-3)21-27-36)29-13-9-7-5-4-6-8-12-28-42-39-30-40(43)37-14-10-11-15-38(37)41(39)44/h10-11,14-27,30H,4-9,12-13,28-29H2,1-3H3. The van der Waals surface area contributed by atoms with Gasteiger partial charge in [0.15, 0.2) is 0 Å². The summed E-state index contributed by atoms with van der Waals surface area (Å²) in [5, 5.41) is 16.4. The third-order valence-electron chi connectivity index (χ3n) is 9.16. The molecule has 4 aromatic carbocycles. The highest BCUT2D eigenvalue weighted by Crippen LogP contribution is 2.56. The van der Waals surface area contributed by atoms with Crippen LogP contribution in [-0.4, -0.2) is 45.5 Å². The van der Waals surface area contributed by atoms with Gasteiger partial charge in [0, 0.05) is 12.1 Å². The maximum atomic E-state index is 12.7. The molecule has 0 bridgehead atoms. The Morgan fingerprint density at radius 2 is 0.979 bits per heavy atom. The van der Waals surface area contributed by atoms with Gasteiger partial charge < -0.3 is 19.3 Å². The highest BCUT2D eigenvalue weighted by Gasteiger charge is 2.45. The zero-order valence-corrected chi connectivity index (χ0v) is 29.2. The zero-order chi connectivity index (χ0) is 33.8. The molecule has 0 aliphatic heterocycles. The number of unbranched alkanes of at least 4 members (excludes halogenated alkanes) is 7. The van der Waals surface area contributed by atoms with Crippen molar-refractivity contribution in [1.82, 2.24) is 0 Å². The molecule has 0 spiro atoms. The summed E-state index contributed by atoms with van der Waals surface area (Å²) in [5.74, 6) is 2.28. The molecular formula is C41H46NO5P. The molecule has 48 heavy (non-hydrogen) atoms. The molecule has 7 heteroatoms. The van der Waals surface area contributed by atoms with E-state index in [1.54, 1.807) is 45.6 Å². The first kappa shape index (κ1) is 34.9. The average molecular weight is 664 g/mol. The molecule has 0 unspecified atom stereocenters. The summed E-state index contributed by atoms with van der Waals surface area (Å²) >= 11 is 0. The Bertz CT molecular complexity index is 1580. The van der Waals surface area contributed by atoms with Crippen LogP contribution in [0.3, 0.4) is 0 Å². The average Bonchev–Trinajstić information content (AvgIpc) is 3.14. The fourth-order valence-corrected chi connectivity index (χ4v) is 10.8. The number of ether oxygens (including phenoxy) is 3. The number of Topliss-reactive ketones (excluding diaryl/α,β-unsaturated/α-hetero) is 1. The van der Waals surface area contributed by atoms with Gasteiger partial charge in [-0.05, 0) is 104 Å². The van der Waals surface area contributed by atoms with Crippen molar-refractivity contribution in [3.05, 3.63) is 114 Å². The summed E-state index contributed by atoms with van der Waals surface area (Å²) in [4.78, 5) is 17.2. The molecule has 6 nitrogen and oxygen atoms in total. The molecule has 5 rings (SSSR count). The van der Waals surface area contributed by atoms with Gasteiger partial charge in [-0.2, -0.15) is 0 Å². The van der Waals surface area contributed by atoms with Crippen molar-refractivity contribution in [3.8, 4) is 17.2 Å². The van der Waals surface area contributed by atoms with Crippen molar-refractivity contribution in [2.24, 2.45) is 4.99 Å². The van der Waals surface area contributed by atoms with E-state index in [2.05, 4.69) is 77.8 Å². The zero-order valence-electron chi connectivity index (χ0n) is 28.3. The van der Waals surface area contributed by atoms with Gasteiger partial charge in [-0.1, -0.05) is 62.1 Å². The van der Waals surface area contributed by atoms with Crippen LogP contribution in [0.25, 0.3) is 5.76 Å². The molecule has 0 heterocycles. The lowest BCUT2D eigenvalue weighted by Crippen LogP contribution is -2.33. The number of ketones is 1. The molecule has 0 atom stereocenters. The number of benzene rings is 4. The van der Waals surface area contributed by atoms with Crippen LogP contribution < -0.4 is 35.2 Å². The summed E-state index contributed by atoms with van der Waals surface area (Å²) < 4.78 is 16.5. The van der Waals surface area contributed by atoms with Crippen LogP contribution in [0, 0.1) is 0 Å². The number of allylic oxidation sites excluding steroid dienone is 1. The van der Waals surface area contributed by atoms with E-state index in [1.807, 2.05) is 0 Å². The molecule has 0 aromatic heterocycles. The van der Waals surface area contributed by atoms with Crippen molar-refractivity contribution < 1.29 is 24.1 Å². The van der Waals surface area contributed by atoms with Crippen molar-refractivity contribution in [2.75, 3.05) is 34.0 Å². The van der Waals surface area contributed by atoms with Crippen LogP contribution in [0.1, 0.15) is 67.3 Å². The van der Waals surface area contributed by atoms with E-state index >= 15 is 0 Å². The summed E-state index contributed by atoms with van der Waals surface area (Å²) in [6.45, 7) is 0.570. The lowest BCUT2D eigenvalue weighted by molar-refractivity contribution is -0.243. The van der Waals surface area contributed by atoms with Gasteiger partial charge in [0.1, 0.15) is 46.1 Å². The summed E-state index contributed by atoms with van der Waals surface area (Å²) in [7, 11) is 3.14. The van der Waals surface area contributed by atoms with E-state index in [4.69, 9.17) is 14.2 Å². The molecule has 1 aliphatic rings. The number of methoxy groups -OCH3 is 3. The minimum Gasteiger partial charge on any atom is -0.872 e. The summed E-state index contributed by atoms with van der Waals surface area (Å²) in [6.07, 6.45) is 11.5. The highest BCUT2D eigenvalue weighted by atomic mass is 31.2. The van der Waals surface area contributed by atoms with Crippen LogP contribution >= 0.6 is 7.26 Å². The number of nitrogens with zero attached hydrogens (tertiary/aromatic N) is 1. The van der Waals surface area contributed by atoms with Crippen molar-refractivity contribution in [2.45, 2.75) is 51.4 Å². The highest BCUT2D eigenvalue weighted by molar-refractivity contribution is 7.95. The minimum absolute atomic E-state index is 0.139. The van der Waals surface area contributed by atoms with Crippen LogP contribution in [0.15, 0.2) is 108 Å². The fraction of sp³-hybridized carbons (Fsp3) is 0.317. The first-order chi connectivity index (χ1) is 23.5. The number of hydrogen-bond donors (Lipinski definition) is 0. The van der Waals surface area contributed by atoms with Gasteiger partial charge in [0.25, 0.3) is 0 Å². The number of rotatable bonds is 17. The van der Waals surface area contributed by atoms with Gasteiger partial charge >= 0.3 is 0 Å². The van der Waals surface area contributed by atoms with E-state index in [1.165, 1.54) is 47.7 Å².